The van der Waals surface area contributed by atoms with Gasteiger partial charge in [0, 0.05) is 24.0 Å². The van der Waals surface area contributed by atoms with E-state index < -0.39 is 20.2 Å². The minimum Gasteiger partial charge on any atom is -0.356 e. The summed E-state index contributed by atoms with van der Waals surface area (Å²) < 4.78 is 0. The fraction of sp³-hybridized carbons (Fsp3) is 0.455. The molecule has 0 spiro atoms. The summed E-state index contributed by atoms with van der Waals surface area (Å²) in [6, 6.07) is 8.51. The van der Waals surface area contributed by atoms with E-state index in [-0.39, 0.29) is 30.1 Å². The summed E-state index contributed by atoms with van der Waals surface area (Å²) in [4.78, 5) is 43.1. The van der Waals surface area contributed by atoms with Gasteiger partial charge in [-0.25, -0.2) is 0 Å². The predicted octanol–water partition coefficient (Wildman–Crippen LogP) is 2.43. The van der Waals surface area contributed by atoms with E-state index in [0.717, 1.165) is 5.39 Å². The number of hydrogen-bond donors (Lipinski definition) is 3. The van der Waals surface area contributed by atoms with Crippen LogP contribution in [0.5, 0.6) is 0 Å². The van der Waals surface area contributed by atoms with Gasteiger partial charge in [-0.1, -0.05) is 36.8 Å². The number of benzene rings is 1. The van der Waals surface area contributed by atoms with Gasteiger partial charge in [-0.05, 0) is 31.0 Å². The zero-order valence-corrected chi connectivity index (χ0v) is 19.8. The molecular weight excluding hydrogens is 446 g/mol. The van der Waals surface area contributed by atoms with Crippen molar-refractivity contribution in [3.8, 4) is 6.07 Å². The van der Waals surface area contributed by atoms with Crippen LogP contribution >= 0.6 is 11.6 Å². The van der Waals surface area contributed by atoms with Gasteiger partial charge in [0.15, 0.2) is 0 Å². The zero-order chi connectivity index (χ0) is 23.0. The van der Waals surface area contributed by atoms with Gasteiger partial charge in [0.05, 0.1) is 24.7 Å². The lowest BCUT2D eigenvalue weighted by Gasteiger charge is -2.25. The molecule has 168 valence electrons. The molecule has 3 heterocycles. The number of rotatable bonds is 5. The maximum atomic E-state index is 13.4. The minimum atomic E-state index is -1.83. The predicted molar refractivity (Wildman–Crippen MR) is 124 cm³/mol. The van der Waals surface area contributed by atoms with E-state index in [2.05, 4.69) is 34.8 Å². The Balaban J connectivity index is 1.52. The number of nitrogens with zero attached hydrogens (tertiary/aromatic N) is 2. The first-order chi connectivity index (χ1) is 15.2. The molecule has 10 heteroatoms. The van der Waals surface area contributed by atoms with Gasteiger partial charge in [0.25, 0.3) is 5.91 Å². The van der Waals surface area contributed by atoms with Gasteiger partial charge in [0.2, 0.25) is 11.8 Å². The normalized spacial score (nSPS) is 23.1. The minimum absolute atomic E-state index is 0.0804. The highest BCUT2D eigenvalue weighted by atomic mass is 35.5. The Morgan fingerprint density at radius 3 is 2.84 bits per heavy atom. The molecule has 3 atom stereocenters. The maximum Gasteiger partial charge on any atom is 0.270 e. The first-order valence-corrected chi connectivity index (χ1v) is 14.5. The molecule has 1 aromatic heterocycles. The first-order valence-electron chi connectivity index (χ1n) is 10.7. The van der Waals surface area contributed by atoms with E-state index in [1.807, 2.05) is 12.1 Å². The Labute approximate surface area is 192 Å². The molecule has 2 aliphatic heterocycles. The maximum absolute atomic E-state index is 13.4. The molecule has 0 radical (unpaired) electrons. The van der Waals surface area contributed by atoms with Crippen molar-refractivity contribution in [1.29, 1.82) is 5.26 Å². The van der Waals surface area contributed by atoms with Gasteiger partial charge >= 0.3 is 0 Å². The summed E-state index contributed by atoms with van der Waals surface area (Å²) in [7, 11) is -1.83. The second-order valence-corrected chi connectivity index (χ2v) is 14.9. The third-order valence-corrected chi connectivity index (χ3v) is 9.28. The third-order valence-electron chi connectivity index (χ3n) is 6.28. The van der Waals surface area contributed by atoms with Crippen molar-refractivity contribution in [2.45, 2.75) is 44.1 Å². The van der Waals surface area contributed by atoms with Gasteiger partial charge < -0.3 is 20.5 Å². The lowest BCUT2D eigenvalue weighted by atomic mass is 9.99. The number of nitriles is 1. The molecular formula is C22H26ClN5O3Si. The van der Waals surface area contributed by atoms with Crippen molar-refractivity contribution in [3.63, 3.8) is 0 Å². The molecule has 0 bridgehead atoms. The summed E-state index contributed by atoms with van der Waals surface area (Å²) in [6.45, 7) is 4.88. The molecule has 2 saturated heterocycles. The molecule has 1 aromatic carbocycles. The molecule has 2 aliphatic rings. The number of amides is 3. The highest BCUT2D eigenvalue weighted by Crippen LogP contribution is 2.30. The third kappa shape index (κ3) is 4.38. The Hall–Kier alpha value is -2.83. The number of carbonyl (C=O) groups excluding carboxylic acids is 3. The van der Waals surface area contributed by atoms with Crippen LogP contribution in [0.3, 0.4) is 0 Å². The van der Waals surface area contributed by atoms with E-state index in [0.29, 0.717) is 41.4 Å². The molecule has 3 amide bonds. The fourth-order valence-corrected chi connectivity index (χ4v) is 7.77. The monoisotopic (exact) mass is 471 g/mol. The number of H-pyrrole nitrogens is 1. The standard InChI is InChI=1S/C22H26ClN5O3Si/c1-32(2)11-18(21(30)26-15(10-24)8-14-6-7-25-20(14)29)28(12-32)22(31)17-9-13-4-3-5-16(23)19(13)27-17/h3-5,9,14-15,18,27H,6-8,11-12H2,1-2H3,(H,25,29)(H,26,30)/t14-,15-,18+/m0/s1. The number of halogens is 1. The molecule has 2 aromatic rings. The van der Waals surface area contributed by atoms with E-state index >= 15 is 0 Å². The SMILES string of the molecule is C[Si]1(C)C[C@H](C(=O)N[C@H](C#N)C[C@@H]2CCNC2=O)N(C(=O)c2cc3cccc(Cl)c3[nH]2)C1. The molecule has 2 fully saturated rings. The van der Waals surface area contributed by atoms with Crippen LogP contribution in [0.15, 0.2) is 24.3 Å². The summed E-state index contributed by atoms with van der Waals surface area (Å²) in [5.41, 5.74) is 1.07. The van der Waals surface area contributed by atoms with E-state index in [1.54, 1.807) is 17.0 Å². The number of nitrogens with one attached hydrogen (secondary N) is 3. The lowest BCUT2D eigenvalue weighted by molar-refractivity contribution is -0.126. The summed E-state index contributed by atoms with van der Waals surface area (Å²) in [6.07, 6.45) is 1.48. The van der Waals surface area contributed by atoms with Crippen molar-refractivity contribution in [2.24, 2.45) is 5.92 Å². The van der Waals surface area contributed by atoms with E-state index in [4.69, 9.17) is 11.6 Å². The second kappa shape index (κ2) is 8.60. The summed E-state index contributed by atoms with van der Waals surface area (Å²) in [5, 5.41) is 16.4. The molecule has 8 nitrogen and oxygen atoms in total. The van der Waals surface area contributed by atoms with Crippen LogP contribution in [0.2, 0.25) is 24.2 Å². The molecule has 3 N–H and O–H groups in total. The van der Waals surface area contributed by atoms with Crippen LogP contribution in [0.25, 0.3) is 10.9 Å². The van der Waals surface area contributed by atoms with Crippen molar-refractivity contribution in [3.05, 3.63) is 35.0 Å². The molecule has 0 aliphatic carbocycles. The Morgan fingerprint density at radius 1 is 1.41 bits per heavy atom. The quantitative estimate of drug-likeness (QED) is 0.580. The molecule has 0 unspecified atom stereocenters. The number of fused-ring (bicyclic) bond motifs is 1. The molecule has 0 saturated carbocycles. The number of aromatic amines is 1. The van der Waals surface area contributed by atoms with Crippen molar-refractivity contribution in [2.75, 3.05) is 12.7 Å². The number of aromatic nitrogens is 1. The Kier molecular flexibility index (Phi) is 6.01. The molecule has 32 heavy (non-hydrogen) atoms. The largest absolute Gasteiger partial charge is 0.356 e. The van der Waals surface area contributed by atoms with Gasteiger partial charge in [-0.3, -0.25) is 14.4 Å². The highest BCUT2D eigenvalue weighted by Gasteiger charge is 2.45. The van der Waals surface area contributed by atoms with Crippen LogP contribution in [0.4, 0.5) is 0 Å². The van der Waals surface area contributed by atoms with Crippen LogP contribution < -0.4 is 10.6 Å². The topological polar surface area (TPSA) is 118 Å². The van der Waals surface area contributed by atoms with Crippen molar-refractivity contribution < 1.29 is 14.4 Å². The van der Waals surface area contributed by atoms with Gasteiger partial charge in [0.1, 0.15) is 17.8 Å². The second-order valence-electron chi connectivity index (χ2n) is 9.41. The fourth-order valence-electron chi connectivity index (χ4n) is 4.67. The zero-order valence-electron chi connectivity index (χ0n) is 18.1. The average Bonchev–Trinajstić information content (AvgIpc) is 3.44. The first kappa shape index (κ1) is 22.4. The summed E-state index contributed by atoms with van der Waals surface area (Å²) in [5.74, 6) is -0.943. The Bertz CT molecular complexity index is 1120. The highest BCUT2D eigenvalue weighted by molar-refractivity contribution is 6.79. The van der Waals surface area contributed by atoms with Crippen molar-refractivity contribution in [1.82, 2.24) is 20.5 Å². The lowest BCUT2D eigenvalue weighted by Crippen LogP contribution is -2.49. The van der Waals surface area contributed by atoms with Crippen LogP contribution in [0, 0.1) is 17.2 Å². The Morgan fingerprint density at radius 2 is 2.19 bits per heavy atom. The number of hydrogen-bond acceptors (Lipinski definition) is 4. The van der Waals surface area contributed by atoms with Crippen LogP contribution in [-0.4, -0.2) is 60.5 Å². The van der Waals surface area contributed by atoms with Gasteiger partial charge in [-0.2, -0.15) is 5.26 Å². The van der Waals surface area contributed by atoms with Crippen LogP contribution in [0.1, 0.15) is 23.3 Å². The average molecular weight is 472 g/mol. The van der Waals surface area contributed by atoms with E-state index in [1.165, 1.54) is 0 Å². The van der Waals surface area contributed by atoms with E-state index in [9.17, 15) is 19.6 Å². The summed E-state index contributed by atoms with van der Waals surface area (Å²) >= 11 is 6.24. The van der Waals surface area contributed by atoms with Gasteiger partial charge in [-0.15, -0.1) is 0 Å². The number of carbonyl (C=O) groups is 3. The van der Waals surface area contributed by atoms with Crippen molar-refractivity contribution >= 4 is 48.3 Å². The van der Waals surface area contributed by atoms with Crippen LogP contribution in [-0.2, 0) is 9.59 Å². The molecule has 4 rings (SSSR count). The number of para-hydroxylation sites is 1. The smallest absolute Gasteiger partial charge is 0.270 e.